The Morgan fingerprint density at radius 1 is 1.50 bits per heavy atom. The van der Waals surface area contributed by atoms with Gasteiger partial charge >= 0.3 is 84.3 Å². The first-order valence-corrected chi connectivity index (χ1v) is 7.04. The molecule has 3 aliphatic rings. The van der Waals surface area contributed by atoms with Crippen LogP contribution >= 0.6 is 0 Å². The van der Waals surface area contributed by atoms with Crippen molar-refractivity contribution in [3.05, 3.63) is 11.1 Å². The molecule has 3 aliphatic carbocycles. The van der Waals surface area contributed by atoms with Crippen molar-refractivity contribution in [1.29, 1.82) is 0 Å². The Hall–Kier alpha value is 0.363. The van der Waals surface area contributed by atoms with Crippen molar-refractivity contribution < 1.29 is 18.3 Å². The van der Waals surface area contributed by atoms with Crippen molar-refractivity contribution in [3.63, 3.8) is 0 Å². The van der Waals surface area contributed by atoms with Gasteiger partial charge in [-0.1, -0.05) is 0 Å². The van der Waals surface area contributed by atoms with Gasteiger partial charge in [-0.15, -0.1) is 0 Å². The zero-order chi connectivity index (χ0) is 8.34. The molecule has 0 radical (unpaired) electrons. The molecule has 0 amide bonds. The number of hydrogen-bond acceptors (Lipinski definition) is 0. The van der Waals surface area contributed by atoms with Crippen LogP contribution in [0.5, 0.6) is 0 Å². The summed E-state index contributed by atoms with van der Waals surface area (Å²) in [6, 6.07) is 0. The van der Waals surface area contributed by atoms with Crippen molar-refractivity contribution in [2.24, 2.45) is 11.3 Å². The van der Waals surface area contributed by atoms with Gasteiger partial charge in [-0.05, 0) is 0 Å². The fraction of sp³-hybridized carbons (Fsp3) is 0.818. The Bertz CT molecular complexity index is 266. The molecule has 61 valence electrons. The Balaban J connectivity index is 2.09. The van der Waals surface area contributed by atoms with Crippen LogP contribution in [0.4, 0.5) is 0 Å². The van der Waals surface area contributed by atoms with Crippen molar-refractivity contribution in [2.45, 2.75) is 43.5 Å². The number of rotatable bonds is 1. The van der Waals surface area contributed by atoms with Crippen molar-refractivity contribution in [1.82, 2.24) is 0 Å². The monoisotopic (exact) mass is 211 g/mol. The van der Waals surface area contributed by atoms with Crippen LogP contribution in [0.1, 0.15) is 39.0 Å². The maximum absolute atomic E-state index is 2.42. The minimum atomic E-state index is 0.762. The quantitative estimate of drug-likeness (QED) is 0.463. The van der Waals surface area contributed by atoms with Crippen LogP contribution < -0.4 is 0 Å². The Labute approximate surface area is 84.5 Å². The molecule has 2 bridgehead atoms. The molecule has 3 rings (SSSR count). The molecule has 3 atom stereocenters. The van der Waals surface area contributed by atoms with Crippen LogP contribution in [0.3, 0.4) is 0 Å². The normalized spacial score (nSPS) is 49.6. The van der Waals surface area contributed by atoms with E-state index in [1.807, 2.05) is 11.1 Å². The van der Waals surface area contributed by atoms with Crippen molar-refractivity contribution >= 4 is 0 Å². The minimum absolute atomic E-state index is 0.762. The van der Waals surface area contributed by atoms with E-state index in [0.29, 0.717) is 0 Å². The summed E-state index contributed by atoms with van der Waals surface area (Å²) in [4.78, 5) is 0. The predicted octanol–water partition coefficient (Wildman–Crippen LogP) is 3.23. The summed E-state index contributed by atoms with van der Waals surface area (Å²) < 4.78 is 1.12. The zero-order valence-corrected chi connectivity index (χ0v) is 10.9. The summed E-state index contributed by atoms with van der Waals surface area (Å²) >= 11 is 1.54. The van der Waals surface area contributed by atoms with E-state index < -0.39 is 0 Å². The summed E-state index contributed by atoms with van der Waals surface area (Å²) in [5, 5.41) is 0. The standard InChI is InChI=1S/C11H15.Zn/c1-2-11-6-5-8(7-11)9-3-4-10(9)11;/h6,8H,2-5,7H2,1H3;. The summed E-state index contributed by atoms with van der Waals surface area (Å²) in [5.74, 6) is 1.06. The molecule has 0 saturated heterocycles. The van der Waals surface area contributed by atoms with Crippen LogP contribution in [0.2, 0.25) is 4.51 Å². The van der Waals surface area contributed by atoms with E-state index >= 15 is 0 Å². The number of allylic oxidation sites excluding steroid dienone is 2. The van der Waals surface area contributed by atoms with E-state index in [2.05, 4.69) is 6.92 Å². The average Bonchev–Trinajstić information content (AvgIpc) is 2.36. The molecule has 0 N–H and O–H groups in total. The third-order valence-electron chi connectivity index (χ3n) is 4.72. The molecule has 1 fully saturated rings. The summed E-state index contributed by atoms with van der Waals surface area (Å²) in [6.07, 6.45) is 7.49. The topological polar surface area (TPSA) is 0 Å². The Morgan fingerprint density at radius 3 is 2.83 bits per heavy atom. The fourth-order valence-electron chi connectivity index (χ4n) is 3.95. The summed E-state index contributed by atoms with van der Waals surface area (Å²) in [6.45, 7) is 2.42. The molecule has 0 aliphatic heterocycles. The SMILES string of the molecule is CCC12CC(C[CH]1[Zn])C1=C2CC1. The van der Waals surface area contributed by atoms with Gasteiger partial charge in [0, 0.05) is 0 Å². The second-order valence-electron chi connectivity index (χ2n) is 4.85. The molecular formula is C11H15Zn. The van der Waals surface area contributed by atoms with E-state index in [1.165, 1.54) is 19.3 Å². The van der Waals surface area contributed by atoms with E-state index in [-0.39, 0.29) is 0 Å². The fourth-order valence-corrected chi connectivity index (χ4v) is 6.27. The zero-order valence-electron chi connectivity index (χ0n) is 7.90. The van der Waals surface area contributed by atoms with Crippen LogP contribution in [0.15, 0.2) is 11.1 Å². The molecule has 0 aromatic heterocycles. The van der Waals surface area contributed by atoms with Crippen molar-refractivity contribution in [2.75, 3.05) is 0 Å². The van der Waals surface area contributed by atoms with Crippen LogP contribution in [0.25, 0.3) is 0 Å². The second kappa shape index (κ2) is 2.24. The third-order valence-corrected chi connectivity index (χ3v) is 7.06. The molecule has 0 aromatic carbocycles. The molecule has 1 heteroatoms. The van der Waals surface area contributed by atoms with Gasteiger partial charge in [0.1, 0.15) is 0 Å². The Kier molecular flexibility index (Phi) is 1.44. The van der Waals surface area contributed by atoms with Gasteiger partial charge in [-0.3, -0.25) is 0 Å². The summed E-state index contributed by atoms with van der Waals surface area (Å²) in [7, 11) is 0. The molecule has 0 heterocycles. The van der Waals surface area contributed by atoms with E-state index in [9.17, 15) is 0 Å². The number of fused-ring (bicyclic) bond motifs is 4. The third kappa shape index (κ3) is 0.651. The van der Waals surface area contributed by atoms with Crippen LogP contribution in [0, 0.1) is 11.3 Å². The first-order valence-electron chi connectivity index (χ1n) is 5.33. The first kappa shape index (κ1) is 7.74. The van der Waals surface area contributed by atoms with Gasteiger partial charge in [0.15, 0.2) is 0 Å². The van der Waals surface area contributed by atoms with Gasteiger partial charge in [0.05, 0.1) is 0 Å². The molecule has 3 unspecified atom stereocenters. The van der Waals surface area contributed by atoms with Crippen molar-refractivity contribution in [3.8, 4) is 0 Å². The van der Waals surface area contributed by atoms with Crippen LogP contribution in [-0.2, 0) is 18.3 Å². The second-order valence-corrected chi connectivity index (χ2v) is 6.92. The molecular weight excluding hydrogens is 198 g/mol. The van der Waals surface area contributed by atoms with Crippen LogP contribution in [-0.4, -0.2) is 0 Å². The Morgan fingerprint density at radius 2 is 2.33 bits per heavy atom. The van der Waals surface area contributed by atoms with Gasteiger partial charge < -0.3 is 0 Å². The molecule has 12 heavy (non-hydrogen) atoms. The predicted molar refractivity (Wildman–Crippen MR) is 45.5 cm³/mol. The van der Waals surface area contributed by atoms with Gasteiger partial charge in [0.2, 0.25) is 0 Å². The first-order chi connectivity index (χ1) is 5.78. The summed E-state index contributed by atoms with van der Waals surface area (Å²) in [5.41, 5.74) is 4.62. The average molecular weight is 213 g/mol. The molecule has 0 nitrogen and oxygen atoms in total. The molecule has 1 saturated carbocycles. The van der Waals surface area contributed by atoms with E-state index in [4.69, 9.17) is 0 Å². The van der Waals surface area contributed by atoms with E-state index in [0.717, 1.165) is 15.8 Å². The van der Waals surface area contributed by atoms with Gasteiger partial charge in [-0.2, -0.15) is 0 Å². The van der Waals surface area contributed by atoms with E-state index in [1.54, 1.807) is 31.1 Å². The molecule has 0 aromatic rings. The van der Waals surface area contributed by atoms with Gasteiger partial charge in [0.25, 0.3) is 0 Å². The van der Waals surface area contributed by atoms with Gasteiger partial charge in [-0.25, -0.2) is 0 Å². The maximum atomic E-state index is 2.42. The number of hydrogen-bond donors (Lipinski definition) is 0. The molecule has 0 spiro atoms.